The average Bonchev–Trinajstić information content (AvgIpc) is 3.37. The highest BCUT2D eigenvalue weighted by molar-refractivity contribution is 5.70. The number of ether oxygens (including phenoxy) is 2. The average molecular weight is 1000 g/mol. The predicted molar refractivity (Wildman–Crippen MR) is 311 cm³/mol. The maximum absolute atomic E-state index is 12.3. The molecule has 420 valence electrons. The van der Waals surface area contributed by atoms with Gasteiger partial charge in [0.1, 0.15) is 6.61 Å². The summed E-state index contributed by atoms with van der Waals surface area (Å²) in [6, 6.07) is 0. The van der Waals surface area contributed by atoms with Crippen molar-refractivity contribution in [2.45, 2.75) is 373 Å². The van der Waals surface area contributed by atoms with Gasteiger partial charge in [-0.1, -0.05) is 314 Å². The van der Waals surface area contributed by atoms with Crippen molar-refractivity contribution in [1.82, 2.24) is 0 Å². The van der Waals surface area contributed by atoms with Crippen LogP contribution in [0.3, 0.4) is 0 Å². The predicted octanol–water partition coefficient (Wildman–Crippen LogP) is 22.0. The summed E-state index contributed by atoms with van der Waals surface area (Å²) in [5.41, 5.74) is 0. The molecule has 1 atom stereocenters. The molecule has 0 saturated heterocycles. The number of hydrogen-bond acceptors (Lipinski definition) is 5. The minimum absolute atomic E-state index is 0.0642. The highest BCUT2D eigenvalue weighted by Crippen LogP contribution is 2.18. The minimum atomic E-state index is -0.771. The van der Waals surface area contributed by atoms with Gasteiger partial charge in [-0.25, -0.2) is 0 Å². The molecular formula is C66H126O5. The van der Waals surface area contributed by atoms with Gasteiger partial charge in [-0.2, -0.15) is 0 Å². The van der Waals surface area contributed by atoms with Crippen LogP contribution in [0.5, 0.6) is 0 Å². The highest BCUT2D eigenvalue weighted by atomic mass is 16.6. The van der Waals surface area contributed by atoms with Crippen molar-refractivity contribution >= 4 is 11.9 Å². The second kappa shape index (κ2) is 62.7. The third-order valence-corrected chi connectivity index (χ3v) is 15.0. The van der Waals surface area contributed by atoms with E-state index in [0.717, 1.165) is 44.9 Å². The number of hydrogen-bond donors (Lipinski definition) is 1. The van der Waals surface area contributed by atoms with Gasteiger partial charge in [0.2, 0.25) is 0 Å². The van der Waals surface area contributed by atoms with Crippen molar-refractivity contribution in [3.8, 4) is 0 Å². The Balaban J connectivity index is 3.34. The van der Waals surface area contributed by atoms with Gasteiger partial charge < -0.3 is 14.6 Å². The van der Waals surface area contributed by atoms with Gasteiger partial charge in [-0.3, -0.25) is 9.59 Å². The fourth-order valence-corrected chi connectivity index (χ4v) is 10.1. The molecule has 0 saturated carbocycles. The van der Waals surface area contributed by atoms with Crippen molar-refractivity contribution in [3.63, 3.8) is 0 Å². The zero-order valence-electron chi connectivity index (χ0n) is 48.3. The van der Waals surface area contributed by atoms with E-state index in [4.69, 9.17) is 9.47 Å². The van der Waals surface area contributed by atoms with Gasteiger partial charge in [-0.15, -0.1) is 0 Å². The number of unbranched alkanes of at least 4 members (excludes halogenated alkanes) is 49. The fraction of sp³-hybridized carbons (Fsp3) is 0.909. The summed E-state index contributed by atoms with van der Waals surface area (Å²) in [6.45, 7) is 4.18. The quantitative estimate of drug-likeness (QED) is 0.0373. The molecule has 0 aliphatic heterocycles. The standard InChI is InChI=1S/C66H126O5/c1-3-5-7-9-11-13-15-17-19-21-22-23-24-25-26-27-28-29-30-31-32-33-34-35-36-37-38-39-40-41-42-43-44-45-47-49-51-53-55-57-59-61-66(69)71-64(62-67)63-70-65(68)60-58-56-54-52-50-48-46-20-18-16-14-12-10-8-6-4-2/h20-22,46,64,67H,3-19,23-45,47-63H2,1-2H3/b22-21-,46-20-. The van der Waals surface area contributed by atoms with E-state index in [1.165, 1.54) is 295 Å². The molecule has 1 unspecified atom stereocenters. The molecular weight excluding hydrogens is 873 g/mol. The van der Waals surface area contributed by atoms with Crippen LogP contribution >= 0.6 is 0 Å². The molecule has 5 heteroatoms. The molecule has 0 aliphatic rings. The molecule has 0 aromatic rings. The second-order valence-corrected chi connectivity index (χ2v) is 22.2. The number of allylic oxidation sites excluding steroid dienone is 4. The smallest absolute Gasteiger partial charge is 0.306 e. The SMILES string of the molecule is CCCCCCCCC/C=C\CCCCCCCC(=O)OCC(CO)OC(=O)CCCCCCCCCCCCCCCCCCCCCCCCCCCCCCC/C=C\CCCCCCCCCC. The Morgan fingerprint density at radius 3 is 0.761 bits per heavy atom. The van der Waals surface area contributed by atoms with Crippen molar-refractivity contribution in [2.24, 2.45) is 0 Å². The first kappa shape index (κ1) is 69.4. The summed E-state index contributed by atoms with van der Waals surface area (Å²) >= 11 is 0. The molecule has 0 fully saturated rings. The van der Waals surface area contributed by atoms with E-state index in [2.05, 4.69) is 38.2 Å². The van der Waals surface area contributed by atoms with Crippen molar-refractivity contribution in [2.75, 3.05) is 13.2 Å². The molecule has 0 amide bonds. The highest BCUT2D eigenvalue weighted by Gasteiger charge is 2.16. The van der Waals surface area contributed by atoms with Crippen LogP contribution in [0.1, 0.15) is 367 Å². The third kappa shape index (κ3) is 60.8. The molecule has 0 radical (unpaired) electrons. The Kier molecular flexibility index (Phi) is 61.2. The van der Waals surface area contributed by atoms with Gasteiger partial charge in [0.15, 0.2) is 6.10 Å². The van der Waals surface area contributed by atoms with Crippen LogP contribution in [0.4, 0.5) is 0 Å². The lowest BCUT2D eigenvalue weighted by Gasteiger charge is -2.15. The van der Waals surface area contributed by atoms with E-state index in [1.54, 1.807) is 0 Å². The number of esters is 2. The van der Waals surface area contributed by atoms with E-state index < -0.39 is 6.10 Å². The summed E-state index contributed by atoms with van der Waals surface area (Å²) < 4.78 is 10.7. The zero-order chi connectivity index (χ0) is 51.3. The summed E-state index contributed by atoms with van der Waals surface area (Å²) in [5.74, 6) is -0.581. The van der Waals surface area contributed by atoms with Gasteiger partial charge in [0.05, 0.1) is 6.61 Å². The molecule has 0 spiro atoms. The lowest BCUT2D eigenvalue weighted by atomic mass is 10.0. The first-order valence-electron chi connectivity index (χ1n) is 32.4. The van der Waals surface area contributed by atoms with E-state index in [-0.39, 0.29) is 25.2 Å². The summed E-state index contributed by atoms with van der Waals surface area (Å²) in [5, 5.41) is 9.65. The number of carbonyl (C=O) groups is 2. The first-order valence-corrected chi connectivity index (χ1v) is 32.4. The fourth-order valence-electron chi connectivity index (χ4n) is 10.1. The molecule has 71 heavy (non-hydrogen) atoms. The van der Waals surface area contributed by atoms with Crippen LogP contribution in [-0.4, -0.2) is 36.4 Å². The van der Waals surface area contributed by atoms with Crippen molar-refractivity contribution in [3.05, 3.63) is 24.3 Å². The molecule has 0 rings (SSSR count). The second-order valence-electron chi connectivity index (χ2n) is 22.2. The molecule has 0 aliphatic carbocycles. The Labute approximate surface area is 444 Å². The number of rotatable bonds is 61. The minimum Gasteiger partial charge on any atom is -0.462 e. The lowest BCUT2D eigenvalue weighted by molar-refractivity contribution is -0.161. The van der Waals surface area contributed by atoms with Crippen LogP contribution in [0.25, 0.3) is 0 Å². The number of aliphatic hydroxyl groups is 1. The summed E-state index contributed by atoms with van der Waals surface area (Å²) in [4.78, 5) is 24.5. The zero-order valence-corrected chi connectivity index (χ0v) is 48.3. The molecule has 0 aromatic carbocycles. The van der Waals surface area contributed by atoms with Crippen molar-refractivity contribution in [1.29, 1.82) is 0 Å². The number of aliphatic hydroxyl groups excluding tert-OH is 1. The number of carbonyl (C=O) groups excluding carboxylic acids is 2. The Hall–Kier alpha value is -1.62. The normalized spacial score (nSPS) is 12.2. The summed E-state index contributed by atoms with van der Waals surface area (Å²) in [7, 11) is 0. The monoisotopic (exact) mass is 999 g/mol. The van der Waals surface area contributed by atoms with Crippen LogP contribution in [0.15, 0.2) is 24.3 Å². The van der Waals surface area contributed by atoms with Crippen molar-refractivity contribution < 1.29 is 24.2 Å². The van der Waals surface area contributed by atoms with Gasteiger partial charge in [0.25, 0.3) is 0 Å². The first-order chi connectivity index (χ1) is 35.1. The Morgan fingerprint density at radius 1 is 0.310 bits per heavy atom. The van der Waals surface area contributed by atoms with Crippen LogP contribution < -0.4 is 0 Å². The van der Waals surface area contributed by atoms with E-state index >= 15 is 0 Å². The molecule has 0 bridgehead atoms. The third-order valence-electron chi connectivity index (χ3n) is 15.0. The van der Waals surface area contributed by atoms with Crippen LogP contribution in [0, 0.1) is 0 Å². The Morgan fingerprint density at radius 2 is 0.521 bits per heavy atom. The van der Waals surface area contributed by atoms with Gasteiger partial charge in [0, 0.05) is 12.8 Å². The van der Waals surface area contributed by atoms with E-state index in [1.807, 2.05) is 0 Å². The Bertz CT molecular complexity index is 1080. The molecule has 0 aromatic heterocycles. The van der Waals surface area contributed by atoms with E-state index in [0.29, 0.717) is 12.8 Å². The lowest BCUT2D eigenvalue weighted by Crippen LogP contribution is -2.28. The van der Waals surface area contributed by atoms with Gasteiger partial charge >= 0.3 is 11.9 Å². The topological polar surface area (TPSA) is 72.8 Å². The molecule has 1 N–H and O–H groups in total. The van der Waals surface area contributed by atoms with Crippen LogP contribution in [0.2, 0.25) is 0 Å². The van der Waals surface area contributed by atoms with Gasteiger partial charge in [-0.05, 0) is 64.2 Å². The maximum atomic E-state index is 12.3. The largest absolute Gasteiger partial charge is 0.462 e. The summed E-state index contributed by atoms with van der Waals surface area (Å²) in [6.07, 6.45) is 80.7. The molecule has 5 nitrogen and oxygen atoms in total. The molecule has 0 heterocycles. The maximum Gasteiger partial charge on any atom is 0.306 e. The van der Waals surface area contributed by atoms with E-state index in [9.17, 15) is 14.7 Å². The van der Waals surface area contributed by atoms with Crippen LogP contribution in [-0.2, 0) is 19.1 Å².